The molecule has 144 valence electrons. The van der Waals surface area contributed by atoms with Crippen molar-refractivity contribution in [3.8, 4) is 0 Å². The average Bonchev–Trinajstić information content (AvgIpc) is 2.63. The van der Waals surface area contributed by atoms with Gasteiger partial charge >= 0.3 is 12.2 Å². The highest BCUT2D eigenvalue weighted by Gasteiger charge is 2.30. The highest BCUT2D eigenvalue weighted by Crippen LogP contribution is 2.30. The van der Waals surface area contributed by atoms with Gasteiger partial charge in [-0.15, -0.1) is 0 Å². The van der Waals surface area contributed by atoms with E-state index in [9.17, 15) is 18.0 Å². The second-order valence-corrected chi connectivity index (χ2v) is 5.97. The van der Waals surface area contributed by atoms with Crippen LogP contribution in [-0.4, -0.2) is 16.0 Å². The minimum Gasteiger partial charge on any atom is -0.384 e. The van der Waals surface area contributed by atoms with Gasteiger partial charge in [-0.1, -0.05) is 18.2 Å². The third kappa shape index (κ3) is 5.19. The number of aromatic nitrogens is 2. The lowest BCUT2D eigenvalue weighted by atomic mass is 10.1. The summed E-state index contributed by atoms with van der Waals surface area (Å²) in [5, 5.41) is 4.95. The minimum atomic E-state index is -4.47. The van der Waals surface area contributed by atoms with E-state index >= 15 is 0 Å². The Balaban J connectivity index is 1.60. The number of nitrogen functional groups attached to an aromatic ring is 1. The molecule has 0 saturated heterocycles. The summed E-state index contributed by atoms with van der Waals surface area (Å²) in [5.74, 6) is 0.384. The number of amides is 2. The molecule has 0 aliphatic heterocycles. The third-order valence-electron chi connectivity index (χ3n) is 3.79. The van der Waals surface area contributed by atoms with Crippen molar-refractivity contribution in [2.24, 2.45) is 0 Å². The van der Waals surface area contributed by atoms with Crippen molar-refractivity contribution in [3.05, 3.63) is 77.7 Å². The van der Waals surface area contributed by atoms with E-state index in [2.05, 4.69) is 20.6 Å². The zero-order chi connectivity index (χ0) is 20.1. The summed E-state index contributed by atoms with van der Waals surface area (Å²) in [7, 11) is 0. The number of nitrogens with two attached hydrogens (primary N) is 1. The number of rotatable bonds is 4. The smallest absolute Gasteiger partial charge is 0.384 e. The van der Waals surface area contributed by atoms with Crippen LogP contribution in [0.2, 0.25) is 0 Å². The van der Waals surface area contributed by atoms with Crippen molar-refractivity contribution < 1.29 is 18.0 Å². The Morgan fingerprint density at radius 1 is 0.964 bits per heavy atom. The van der Waals surface area contributed by atoms with E-state index in [1.165, 1.54) is 18.5 Å². The zero-order valence-corrected chi connectivity index (χ0v) is 14.5. The lowest BCUT2D eigenvalue weighted by Crippen LogP contribution is -2.19. The largest absolute Gasteiger partial charge is 0.416 e. The maximum Gasteiger partial charge on any atom is 0.416 e. The van der Waals surface area contributed by atoms with Gasteiger partial charge in [0.15, 0.2) is 0 Å². The molecule has 0 aliphatic rings. The predicted octanol–water partition coefficient (Wildman–Crippen LogP) is 4.31. The second kappa shape index (κ2) is 7.95. The normalized spacial score (nSPS) is 11.1. The number of alkyl halides is 3. The number of benzene rings is 2. The molecule has 0 atom stereocenters. The van der Waals surface area contributed by atoms with Gasteiger partial charge in [0, 0.05) is 23.9 Å². The van der Waals surface area contributed by atoms with Gasteiger partial charge in [0.1, 0.15) is 12.1 Å². The topological polar surface area (TPSA) is 92.9 Å². The predicted molar refractivity (Wildman–Crippen MR) is 99.8 cm³/mol. The Morgan fingerprint density at radius 3 is 2.36 bits per heavy atom. The summed E-state index contributed by atoms with van der Waals surface area (Å²) in [6.45, 7) is 0. The Labute approximate surface area is 158 Å². The lowest BCUT2D eigenvalue weighted by Gasteiger charge is -2.11. The molecule has 0 saturated carbocycles. The van der Waals surface area contributed by atoms with Crippen molar-refractivity contribution in [2.45, 2.75) is 12.6 Å². The van der Waals surface area contributed by atoms with Crippen LogP contribution in [0.25, 0.3) is 0 Å². The van der Waals surface area contributed by atoms with Crippen LogP contribution >= 0.6 is 0 Å². The van der Waals surface area contributed by atoms with Crippen LogP contribution in [0.5, 0.6) is 0 Å². The zero-order valence-electron chi connectivity index (χ0n) is 14.5. The van der Waals surface area contributed by atoms with E-state index in [1.54, 1.807) is 30.3 Å². The molecule has 2 amide bonds. The number of hydrogen-bond acceptors (Lipinski definition) is 4. The van der Waals surface area contributed by atoms with Crippen LogP contribution in [0.15, 0.2) is 60.9 Å². The summed E-state index contributed by atoms with van der Waals surface area (Å²) in [6.07, 6.45) is -2.54. The number of anilines is 3. The molecule has 3 aromatic rings. The fourth-order valence-corrected chi connectivity index (χ4v) is 2.49. The molecular formula is C19H16F3N5O. The number of nitrogens with zero attached hydrogens (tertiary/aromatic N) is 2. The summed E-state index contributed by atoms with van der Waals surface area (Å²) < 4.78 is 38.2. The van der Waals surface area contributed by atoms with Crippen molar-refractivity contribution in [1.29, 1.82) is 0 Å². The van der Waals surface area contributed by atoms with Gasteiger partial charge in [0.05, 0.1) is 11.3 Å². The summed E-state index contributed by atoms with van der Waals surface area (Å²) in [4.78, 5) is 20.0. The number of halogens is 3. The molecular weight excluding hydrogens is 371 g/mol. The molecule has 0 aliphatic carbocycles. The molecule has 0 bridgehead atoms. The van der Waals surface area contributed by atoms with Gasteiger partial charge in [-0.25, -0.2) is 14.8 Å². The lowest BCUT2D eigenvalue weighted by molar-refractivity contribution is -0.137. The van der Waals surface area contributed by atoms with Gasteiger partial charge in [0.25, 0.3) is 0 Å². The maximum absolute atomic E-state index is 12.7. The monoisotopic (exact) mass is 387 g/mol. The fourth-order valence-electron chi connectivity index (χ4n) is 2.49. The van der Waals surface area contributed by atoms with Crippen LogP contribution in [0.1, 0.15) is 16.8 Å². The van der Waals surface area contributed by atoms with Crippen LogP contribution in [0, 0.1) is 0 Å². The molecule has 0 spiro atoms. The molecule has 9 heteroatoms. The first kappa shape index (κ1) is 19.2. The molecule has 2 aromatic carbocycles. The van der Waals surface area contributed by atoms with Crippen LogP contribution in [0.3, 0.4) is 0 Å². The van der Waals surface area contributed by atoms with Gasteiger partial charge in [0.2, 0.25) is 0 Å². The number of urea groups is 1. The van der Waals surface area contributed by atoms with Crippen LogP contribution < -0.4 is 16.4 Å². The Morgan fingerprint density at radius 2 is 1.68 bits per heavy atom. The standard InChI is InChI=1S/C19H16F3N5O/c20-19(21,22)13-2-1-3-15(9-13)27-18(28)26-14-6-4-12(5-7-14)8-16-10-17(23)25-11-24-16/h1-7,9-11H,8H2,(H2,23,24,25)(H2,26,27,28). The maximum atomic E-state index is 12.7. The molecule has 0 radical (unpaired) electrons. The Bertz CT molecular complexity index is 974. The molecule has 0 fully saturated rings. The van der Waals surface area contributed by atoms with Gasteiger partial charge in [-0.3, -0.25) is 0 Å². The van der Waals surface area contributed by atoms with Crippen molar-refractivity contribution >= 4 is 23.2 Å². The van der Waals surface area contributed by atoms with Crippen molar-refractivity contribution in [1.82, 2.24) is 9.97 Å². The van der Waals surface area contributed by atoms with E-state index in [4.69, 9.17) is 5.73 Å². The first-order valence-corrected chi connectivity index (χ1v) is 8.20. The first-order valence-electron chi connectivity index (χ1n) is 8.20. The highest BCUT2D eigenvalue weighted by atomic mass is 19.4. The second-order valence-electron chi connectivity index (χ2n) is 5.97. The van der Waals surface area contributed by atoms with Gasteiger partial charge in [-0.05, 0) is 35.9 Å². The number of hydrogen-bond donors (Lipinski definition) is 3. The van der Waals surface area contributed by atoms with E-state index in [1.807, 2.05) is 0 Å². The highest BCUT2D eigenvalue weighted by molar-refractivity contribution is 5.99. The van der Waals surface area contributed by atoms with Crippen molar-refractivity contribution in [2.75, 3.05) is 16.4 Å². The van der Waals surface area contributed by atoms with E-state index in [0.29, 0.717) is 17.9 Å². The molecule has 0 unspecified atom stereocenters. The van der Waals surface area contributed by atoms with Crippen molar-refractivity contribution in [3.63, 3.8) is 0 Å². The average molecular weight is 387 g/mol. The van der Waals surface area contributed by atoms with E-state index < -0.39 is 17.8 Å². The Kier molecular flexibility index (Phi) is 5.44. The SMILES string of the molecule is Nc1cc(Cc2ccc(NC(=O)Nc3cccc(C(F)(F)F)c3)cc2)ncn1. The molecule has 1 aromatic heterocycles. The number of carbonyl (C=O) groups excluding carboxylic acids is 1. The molecule has 1 heterocycles. The molecule has 4 N–H and O–H groups in total. The van der Waals surface area contributed by atoms with Gasteiger partial charge in [-0.2, -0.15) is 13.2 Å². The van der Waals surface area contributed by atoms with Crippen LogP contribution in [-0.2, 0) is 12.6 Å². The summed E-state index contributed by atoms with van der Waals surface area (Å²) >= 11 is 0. The minimum absolute atomic E-state index is 0.0466. The van der Waals surface area contributed by atoms with Gasteiger partial charge < -0.3 is 16.4 Å². The third-order valence-corrected chi connectivity index (χ3v) is 3.79. The van der Waals surface area contributed by atoms with E-state index in [0.717, 1.165) is 23.4 Å². The summed E-state index contributed by atoms with van der Waals surface area (Å²) in [6, 6.07) is 12.4. The molecule has 6 nitrogen and oxygen atoms in total. The summed E-state index contributed by atoms with van der Waals surface area (Å²) in [5.41, 5.74) is 7.03. The fraction of sp³-hybridized carbons (Fsp3) is 0.105. The quantitative estimate of drug-likeness (QED) is 0.622. The van der Waals surface area contributed by atoms with E-state index in [-0.39, 0.29) is 5.69 Å². The molecule has 28 heavy (non-hydrogen) atoms. The number of nitrogens with one attached hydrogen (secondary N) is 2. The molecule has 3 rings (SSSR count). The first-order chi connectivity index (χ1) is 13.3. The Hall–Kier alpha value is -3.62. The number of carbonyl (C=O) groups is 1. The van der Waals surface area contributed by atoms with Crippen LogP contribution in [0.4, 0.5) is 35.2 Å².